The second-order valence-corrected chi connectivity index (χ2v) is 6.07. The summed E-state index contributed by atoms with van der Waals surface area (Å²) in [7, 11) is 0. The zero-order valence-corrected chi connectivity index (χ0v) is 11.4. The molecule has 2 heterocycles. The Kier molecular flexibility index (Phi) is 2.90. The zero-order chi connectivity index (χ0) is 12.8. The molecule has 1 aromatic heterocycles. The molecule has 5 heteroatoms. The average Bonchev–Trinajstić information content (AvgIpc) is 2.92. The summed E-state index contributed by atoms with van der Waals surface area (Å²) in [4.78, 5) is 7.05. The van der Waals surface area contributed by atoms with Crippen LogP contribution in [-0.4, -0.2) is 41.2 Å². The van der Waals surface area contributed by atoms with E-state index in [1.165, 1.54) is 6.42 Å². The minimum Gasteiger partial charge on any atom is -0.339 e. The van der Waals surface area contributed by atoms with E-state index in [1.807, 2.05) is 0 Å². The van der Waals surface area contributed by atoms with Gasteiger partial charge in [0.25, 0.3) is 0 Å². The van der Waals surface area contributed by atoms with Crippen LogP contribution in [0.15, 0.2) is 4.52 Å². The lowest BCUT2D eigenvalue weighted by molar-refractivity contribution is 0.0924. The monoisotopic (exact) mass is 250 g/mol. The van der Waals surface area contributed by atoms with Crippen molar-refractivity contribution in [2.24, 2.45) is 5.92 Å². The summed E-state index contributed by atoms with van der Waals surface area (Å²) < 4.78 is 5.43. The summed E-state index contributed by atoms with van der Waals surface area (Å²) in [6, 6.07) is 0. The van der Waals surface area contributed by atoms with Crippen LogP contribution in [0.25, 0.3) is 0 Å². The molecular weight excluding hydrogens is 228 g/mol. The van der Waals surface area contributed by atoms with Crippen molar-refractivity contribution in [3.8, 4) is 0 Å². The Hall–Kier alpha value is -0.940. The molecule has 100 valence electrons. The van der Waals surface area contributed by atoms with Gasteiger partial charge in [-0.25, -0.2) is 0 Å². The average molecular weight is 250 g/mol. The van der Waals surface area contributed by atoms with Crippen molar-refractivity contribution in [1.29, 1.82) is 0 Å². The van der Waals surface area contributed by atoms with Gasteiger partial charge in [-0.2, -0.15) is 4.98 Å². The highest BCUT2D eigenvalue weighted by atomic mass is 16.5. The largest absolute Gasteiger partial charge is 0.339 e. The van der Waals surface area contributed by atoms with Crippen molar-refractivity contribution in [1.82, 2.24) is 20.4 Å². The van der Waals surface area contributed by atoms with E-state index >= 15 is 0 Å². The summed E-state index contributed by atoms with van der Waals surface area (Å²) >= 11 is 0. The Bertz CT molecular complexity index is 422. The van der Waals surface area contributed by atoms with Crippen LogP contribution in [0.4, 0.5) is 0 Å². The predicted octanol–water partition coefficient (Wildman–Crippen LogP) is 1.33. The van der Waals surface area contributed by atoms with Crippen molar-refractivity contribution in [3.63, 3.8) is 0 Å². The first-order valence-corrected chi connectivity index (χ1v) is 6.89. The van der Waals surface area contributed by atoms with Gasteiger partial charge in [0, 0.05) is 32.1 Å². The number of piperazine rings is 1. The van der Waals surface area contributed by atoms with Crippen LogP contribution in [0.3, 0.4) is 0 Å². The van der Waals surface area contributed by atoms with Gasteiger partial charge in [-0.1, -0.05) is 12.1 Å². The highest BCUT2D eigenvalue weighted by molar-refractivity contribution is 5.10. The fourth-order valence-corrected chi connectivity index (χ4v) is 2.67. The first-order chi connectivity index (χ1) is 8.59. The van der Waals surface area contributed by atoms with Gasteiger partial charge in [0.2, 0.25) is 5.89 Å². The predicted molar refractivity (Wildman–Crippen MR) is 68.3 cm³/mol. The molecule has 2 fully saturated rings. The quantitative estimate of drug-likeness (QED) is 0.877. The molecule has 18 heavy (non-hydrogen) atoms. The van der Waals surface area contributed by atoms with Crippen LogP contribution >= 0.6 is 0 Å². The summed E-state index contributed by atoms with van der Waals surface area (Å²) in [5.41, 5.74) is -0.137. The summed E-state index contributed by atoms with van der Waals surface area (Å²) in [5, 5.41) is 7.58. The standard InChI is InChI=1S/C13H22N4O/c1-9-8-10(9)11-15-12(16-18-11)13(2,3)17-6-4-14-5-7-17/h9-10,14H,4-8H2,1-3H3. The fourth-order valence-electron chi connectivity index (χ4n) is 2.67. The van der Waals surface area contributed by atoms with Crippen LogP contribution in [-0.2, 0) is 5.54 Å². The number of nitrogens with one attached hydrogen (secondary N) is 1. The van der Waals surface area contributed by atoms with E-state index in [1.54, 1.807) is 0 Å². The Morgan fingerprint density at radius 1 is 1.33 bits per heavy atom. The van der Waals surface area contributed by atoms with E-state index in [9.17, 15) is 0 Å². The van der Waals surface area contributed by atoms with Crippen molar-refractivity contribution < 1.29 is 4.52 Å². The Morgan fingerprint density at radius 2 is 2.00 bits per heavy atom. The van der Waals surface area contributed by atoms with Gasteiger partial charge in [-0.05, 0) is 26.2 Å². The van der Waals surface area contributed by atoms with Crippen LogP contribution in [0.1, 0.15) is 44.8 Å². The molecule has 1 N–H and O–H groups in total. The van der Waals surface area contributed by atoms with Gasteiger partial charge >= 0.3 is 0 Å². The number of rotatable bonds is 3. The van der Waals surface area contributed by atoms with Crippen molar-refractivity contribution in [2.45, 2.75) is 38.6 Å². The van der Waals surface area contributed by atoms with Crippen molar-refractivity contribution in [2.75, 3.05) is 26.2 Å². The van der Waals surface area contributed by atoms with Crippen molar-refractivity contribution >= 4 is 0 Å². The minimum atomic E-state index is -0.137. The first-order valence-electron chi connectivity index (χ1n) is 6.89. The van der Waals surface area contributed by atoms with Crippen molar-refractivity contribution in [3.05, 3.63) is 11.7 Å². The third kappa shape index (κ3) is 2.06. The lowest BCUT2D eigenvalue weighted by Gasteiger charge is -2.38. The number of aromatic nitrogens is 2. The normalized spacial score (nSPS) is 29.5. The molecule has 3 rings (SSSR count). The smallest absolute Gasteiger partial charge is 0.230 e. The van der Waals surface area contributed by atoms with E-state index in [0.717, 1.165) is 37.9 Å². The second kappa shape index (κ2) is 4.31. The lowest BCUT2D eigenvalue weighted by Crippen LogP contribution is -2.52. The summed E-state index contributed by atoms with van der Waals surface area (Å²) in [6.07, 6.45) is 1.19. The molecule has 0 radical (unpaired) electrons. The van der Waals surface area contributed by atoms with Crippen LogP contribution < -0.4 is 5.32 Å². The van der Waals surface area contributed by atoms with Gasteiger partial charge in [0.1, 0.15) is 0 Å². The lowest BCUT2D eigenvalue weighted by atomic mass is 10.0. The molecule has 2 aliphatic rings. The highest BCUT2D eigenvalue weighted by Crippen LogP contribution is 2.46. The molecule has 1 aromatic rings. The minimum absolute atomic E-state index is 0.137. The number of hydrogen-bond donors (Lipinski definition) is 1. The first kappa shape index (κ1) is 12.1. The Labute approximate surface area is 108 Å². The second-order valence-electron chi connectivity index (χ2n) is 6.07. The van der Waals surface area contributed by atoms with Crippen LogP contribution in [0.5, 0.6) is 0 Å². The van der Waals surface area contributed by atoms with Crippen LogP contribution in [0, 0.1) is 5.92 Å². The molecule has 1 aliphatic heterocycles. The molecule has 0 spiro atoms. The van der Waals surface area contributed by atoms with Gasteiger partial charge < -0.3 is 9.84 Å². The maximum Gasteiger partial charge on any atom is 0.230 e. The third-order valence-electron chi connectivity index (χ3n) is 4.32. The molecule has 0 amide bonds. The number of hydrogen-bond acceptors (Lipinski definition) is 5. The fraction of sp³-hybridized carbons (Fsp3) is 0.846. The molecular formula is C13H22N4O. The summed E-state index contributed by atoms with van der Waals surface area (Å²) in [6.45, 7) is 10.7. The maximum absolute atomic E-state index is 5.43. The SMILES string of the molecule is CC1CC1c1nc(C(C)(C)N2CCNCC2)no1. The molecule has 1 saturated carbocycles. The summed E-state index contributed by atoms with van der Waals surface area (Å²) in [5.74, 6) is 2.88. The Morgan fingerprint density at radius 3 is 2.61 bits per heavy atom. The highest BCUT2D eigenvalue weighted by Gasteiger charge is 2.41. The zero-order valence-electron chi connectivity index (χ0n) is 11.4. The van der Waals surface area contributed by atoms with Gasteiger partial charge in [-0.15, -0.1) is 0 Å². The number of nitrogens with zero attached hydrogens (tertiary/aromatic N) is 3. The van der Waals surface area contributed by atoms with Crippen LogP contribution in [0.2, 0.25) is 0 Å². The van der Waals surface area contributed by atoms with E-state index in [2.05, 4.69) is 41.1 Å². The van der Waals surface area contributed by atoms with E-state index in [0.29, 0.717) is 11.8 Å². The molecule has 1 aliphatic carbocycles. The third-order valence-corrected chi connectivity index (χ3v) is 4.32. The van der Waals surface area contributed by atoms with E-state index < -0.39 is 0 Å². The molecule has 1 saturated heterocycles. The molecule has 2 atom stereocenters. The molecule has 2 unspecified atom stereocenters. The molecule has 5 nitrogen and oxygen atoms in total. The maximum atomic E-state index is 5.43. The van der Waals surface area contributed by atoms with E-state index in [4.69, 9.17) is 4.52 Å². The van der Waals surface area contributed by atoms with Gasteiger partial charge in [0.15, 0.2) is 5.82 Å². The topological polar surface area (TPSA) is 54.2 Å². The Balaban J connectivity index is 1.77. The van der Waals surface area contributed by atoms with E-state index in [-0.39, 0.29) is 5.54 Å². The molecule has 0 bridgehead atoms. The van der Waals surface area contributed by atoms with Gasteiger partial charge in [-0.3, -0.25) is 4.90 Å². The molecule has 0 aromatic carbocycles. The van der Waals surface area contributed by atoms with Gasteiger partial charge in [0.05, 0.1) is 5.54 Å².